The maximum absolute atomic E-state index is 11.6. The zero-order chi connectivity index (χ0) is 21.3. The number of aromatic nitrogens is 4. The lowest BCUT2D eigenvalue weighted by atomic mass is 10.1. The van der Waals surface area contributed by atoms with Gasteiger partial charge in [0, 0.05) is 5.39 Å². The van der Waals surface area contributed by atoms with Crippen molar-refractivity contribution >= 4 is 28.6 Å². The third-order valence-corrected chi connectivity index (χ3v) is 5.70. The van der Waals surface area contributed by atoms with Crippen LogP contribution >= 0.6 is 11.8 Å². The monoisotopic (exact) mass is 422 g/mol. The highest BCUT2D eigenvalue weighted by atomic mass is 32.2. The first-order valence-corrected chi connectivity index (χ1v) is 10.6. The maximum atomic E-state index is 11.6. The molecule has 8 heteroatoms. The topological polar surface area (TPSA) is 83.0 Å². The largest absolute Gasteiger partial charge is 0.463 e. The molecule has 0 aliphatic heterocycles. The second-order valence-electron chi connectivity index (χ2n) is 7.25. The van der Waals surface area contributed by atoms with Crippen molar-refractivity contribution in [3.8, 4) is 5.69 Å². The van der Waals surface area contributed by atoms with Gasteiger partial charge in [-0.25, -0.2) is 9.48 Å². The van der Waals surface area contributed by atoms with E-state index >= 15 is 0 Å². The summed E-state index contributed by atoms with van der Waals surface area (Å²) in [6, 6.07) is 11.6. The smallest absolute Gasteiger partial charge is 0.373 e. The predicted molar refractivity (Wildman–Crippen MR) is 115 cm³/mol. The molecular formula is C22H22N4O3S. The van der Waals surface area contributed by atoms with E-state index in [2.05, 4.69) is 48.2 Å². The Bertz CT molecular complexity index is 1200. The number of nitrogens with zero attached hydrogens (tertiary/aromatic N) is 4. The van der Waals surface area contributed by atoms with Crippen LogP contribution < -0.4 is 0 Å². The van der Waals surface area contributed by atoms with Gasteiger partial charge < -0.3 is 9.15 Å². The van der Waals surface area contributed by atoms with Crippen molar-refractivity contribution in [3.05, 3.63) is 65.4 Å². The molecule has 3 heterocycles. The average molecular weight is 423 g/mol. The number of carbonyl (C=O) groups excluding carboxylic acids is 1. The van der Waals surface area contributed by atoms with Crippen molar-refractivity contribution in [3.63, 3.8) is 0 Å². The Morgan fingerprint density at radius 3 is 2.63 bits per heavy atom. The van der Waals surface area contributed by atoms with E-state index < -0.39 is 5.97 Å². The lowest BCUT2D eigenvalue weighted by Gasteiger charge is -2.10. The summed E-state index contributed by atoms with van der Waals surface area (Å²) < 4.78 is 12.2. The summed E-state index contributed by atoms with van der Waals surface area (Å²) in [5.41, 5.74) is 3.99. The molecule has 0 radical (unpaired) electrons. The van der Waals surface area contributed by atoms with E-state index in [9.17, 15) is 4.79 Å². The van der Waals surface area contributed by atoms with Gasteiger partial charge in [-0.1, -0.05) is 43.3 Å². The fourth-order valence-electron chi connectivity index (χ4n) is 3.15. The molecule has 0 fully saturated rings. The molecule has 0 spiro atoms. The van der Waals surface area contributed by atoms with Gasteiger partial charge in [0.15, 0.2) is 0 Å². The van der Waals surface area contributed by atoms with Crippen LogP contribution in [0.15, 0.2) is 52.0 Å². The third-order valence-electron chi connectivity index (χ3n) is 4.72. The second kappa shape index (κ2) is 8.31. The van der Waals surface area contributed by atoms with Crippen molar-refractivity contribution in [2.45, 2.75) is 37.5 Å². The molecule has 154 valence electrons. The summed E-state index contributed by atoms with van der Waals surface area (Å²) >= 11 is 1.49. The highest BCUT2D eigenvalue weighted by Gasteiger charge is 2.19. The number of carbonyl (C=O) groups is 1. The highest BCUT2D eigenvalue weighted by Crippen LogP contribution is 2.33. The fraction of sp³-hybridized carbons (Fsp3) is 0.273. The Morgan fingerprint density at radius 1 is 1.17 bits per heavy atom. The van der Waals surface area contributed by atoms with Gasteiger partial charge in [-0.05, 0) is 37.1 Å². The molecule has 0 atom stereocenters. The normalized spacial score (nSPS) is 11.4. The van der Waals surface area contributed by atoms with Crippen LogP contribution in [0, 0.1) is 6.92 Å². The Morgan fingerprint density at radius 2 is 1.93 bits per heavy atom. The molecule has 1 aromatic carbocycles. The van der Waals surface area contributed by atoms with Crippen LogP contribution in [0.5, 0.6) is 0 Å². The molecule has 3 aromatic heterocycles. The van der Waals surface area contributed by atoms with E-state index in [0.717, 1.165) is 27.3 Å². The molecule has 0 unspecified atom stereocenters. The number of thioether (sulfide) groups is 1. The number of ether oxygens (including phenoxy) is 1. The number of fused-ring (bicyclic) bond motifs is 1. The molecule has 0 bridgehead atoms. The van der Waals surface area contributed by atoms with Crippen LogP contribution in [0.1, 0.15) is 47.3 Å². The zero-order valence-corrected chi connectivity index (χ0v) is 18.1. The van der Waals surface area contributed by atoms with Gasteiger partial charge in [0.1, 0.15) is 16.3 Å². The summed E-state index contributed by atoms with van der Waals surface area (Å²) in [5.74, 6) is 1.07. The zero-order valence-electron chi connectivity index (χ0n) is 17.2. The van der Waals surface area contributed by atoms with Crippen molar-refractivity contribution < 1.29 is 13.9 Å². The molecule has 0 saturated carbocycles. The summed E-state index contributed by atoms with van der Waals surface area (Å²) in [7, 11) is 1.33. The number of furan rings is 1. The first-order valence-electron chi connectivity index (χ1n) is 9.59. The minimum absolute atomic E-state index is 0.184. The number of hydrogen-bond acceptors (Lipinski definition) is 7. The molecule has 0 N–H and O–H groups in total. The lowest BCUT2D eigenvalue weighted by Crippen LogP contribution is -2.02. The number of esters is 1. The molecule has 7 nitrogen and oxygen atoms in total. The Labute approximate surface area is 178 Å². The van der Waals surface area contributed by atoms with E-state index in [1.807, 2.05) is 23.0 Å². The molecule has 30 heavy (non-hydrogen) atoms. The van der Waals surface area contributed by atoms with E-state index in [1.165, 1.54) is 24.4 Å². The van der Waals surface area contributed by atoms with E-state index in [0.29, 0.717) is 11.5 Å². The van der Waals surface area contributed by atoms with Gasteiger partial charge in [-0.3, -0.25) is 0 Å². The lowest BCUT2D eigenvalue weighted by molar-refractivity contribution is 0.0563. The summed E-state index contributed by atoms with van der Waals surface area (Å²) in [6.45, 7) is 6.24. The maximum Gasteiger partial charge on any atom is 0.373 e. The first kappa shape index (κ1) is 20.2. The van der Waals surface area contributed by atoms with Crippen LogP contribution in [0.25, 0.3) is 16.6 Å². The first-order chi connectivity index (χ1) is 14.5. The minimum atomic E-state index is -0.493. The van der Waals surface area contributed by atoms with Crippen LogP contribution in [-0.4, -0.2) is 33.1 Å². The number of benzene rings is 1. The van der Waals surface area contributed by atoms with Crippen LogP contribution in [0.3, 0.4) is 0 Å². The van der Waals surface area contributed by atoms with Crippen molar-refractivity contribution in [2.24, 2.45) is 0 Å². The van der Waals surface area contributed by atoms with Gasteiger partial charge in [0.25, 0.3) is 0 Å². The molecule has 0 amide bonds. The minimum Gasteiger partial charge on any atom is -0.463 e. The van der Waals surface area contributed by atoms with E-state index in [1.54, 1.807) is 12.1 Å². The van der Waals surface area contributed by atoms with E-state index in [-0.39, 0.29) is 11.7 Å². The highest BCUT2D eigenvalue weighted by molar-refractivity contribution is 7.98. The Hall–Kier alpha value is -3.13. The molecule has 0 aliphatic carbocycles. The average Bonchev–Trinajstić information content (AvgIpc) is 3.39. The van der Waals surface area contributed by atoms with E-state index in [4.69, 9.17) is 9.15 Å². The third kappa shape index (κ3) is 3.82. The predicted octanol–water partition coefficient (Wildman–Crippen LogP) is 4.92. The van der Waals surface area contributed by atoms with Crippen LogP contribution in [0.2, 0.25) is 0 Å². The second-order valence-corrected chi connectivity index (χ2v) is 8.21. The molecule has 0 aliphatic rings. The summed E-state index contributed by atoms with van der Waals surface area (Å²) in [4.78, 5) is 11.6. The van der Waals surface area contributed by atoms with Crippen LogP contribution in [0.4, 0.5) is 0 Å². The summed E-state index contributed by atoms with van der Waals surface area (Å²) in [5, 5.41) is 15.3. The van der Waals surface area contributed by atoms with Crippen molar-refractivity contribution in [1.29, 1.82) is 0 Å². The SMILES string of the molecule is COC(=O)c1ccc(CSc2nnc(C(C)C)c3cnn(-c4ccc(C)cc4)c23)o1. The quantitative estimate of drug-likeness (QED) is 0.322. The summed E-state index contributed by atoms with van der Waals surface area (Å²) in [6.07, 6.45) is 1.85. The molecule has 4 rings (SSSR count). The standard InChI is InChI=1S/C22H22N4O3S/c1-13(2)19-17-11-23-26(15-7-5-14(3)6-8-15)20(17)21(25-24-19)30-12-16-9-10-18(29-16)22(27)28-4/h5-11,13H,12H2,1-4H3. The van der Waals surface area contributed by atoms with Gasteiger partial charge in [0.05, 0.1) is 30.4 Å². The number of aryl methyl sites for hydroxylation is 1. The fourth-order valence-corrected chi connectivity index (χ4v) is 4.02. The van der Waals surface area contributed by atoms with Crippen molar-refractivity contribution in [2.75, 3.05) is 7.11 Å². The molecule has 0 saturated heterocycles. The van der Waals surface area contributed by atoms with Gasteiger partial charge >= 0.3 is 5.97 Å². The van der Waals surface area contributed by atoms with Gasteiger partial charge in [-0.15, -0.1) is 5.10 Å². The number of methoxy groups -OCH3 is 1. The Kier molecular flexibility index (Phi) is 5.59. The van der Waals surface area contributed by atoms with Gasteiger partial charge in [0.2, 0.25) is 5.76 Å². The number of rotatable bonds is 6. The van der Waals surface area contributed by atoms with Crippen molar-refractivity contribution in [1.82, 2.24) is 20.0 Å². The number of hydrogen-bond donors (Lipinski definition) is 0. The Balaban J connectivity index is 1.72. The van der Waals surface area contributed by atoms with Gasteiger partial charge in [-0.2, -0.15) is 10.2 Å². The van der Waals surface area contributed by atoms with Crippen LogP contribution in [-0.2, 0) is 10.5 Å². The molecule has 4 aromatic rings. The molecular weight excluding hydrogens is 400 g/mol.